The number of hydrogen-bond acceptors (Lipinski definition) is 4. The maximum absolute atomic E-state index is 13.3. The number of amides is 2. The van der Waals surface area contributed by atoms with E-state index in [9.17, 15) is 18.0 Å². The average molecular weight is 480 g/mol. The Morgan fingerprint density at radius 2 is 1.75 bits per heavy atom. The lowest BCUT2D eigenvalue weighted by atomic mass is 10.1. The van der Waals surface area contributed by atoms with Gasteiger partial charge in [-0.25, -0.2) is 8.42 Å². The van der Waals surface area contributed by atoms with Crippen molar-refractivity contribution in [3.05, 3.63) is 64.7 Å². The van der Waals surface area contributed by atoms with E-state index in [-0.39, 0.29) is 12.5 Å². The second-order valence-corrected chi connectivity index (χ2v) is 9.86. The number of likely N-dealkylation sites (N-methyl/N-ethyl adjacent to an activating group) is 1. The number of nitrogens with zero attached hydrogens (tertiary/aromatic N) is 2. The maximum Gasteiger partial charge on any atom is 0.244 e. The average Bonchev–Trinajstić information content (AvgIpc) is 2.74. The molecule has 0 saturated heterocycles. The molecule has 0 aliphatic heterocycles. The fourth-order valence-corrected chi connectivity index (χ4v) is 4.42. The van der Waals surface area contributed by atoms with Crippen molar-refractivity contribution in [3.8, 4) is 0 Å². The Hall–Kier alpha value is -2.58. The van der Waals surface area contributed by atoms with E-state index in [0.717, 1.165) is 16.1 Å². The molecule has 174 valence electrons. The third-order valence-electron chi connectivity index (χ3n) is 5.19. The zero-order valence-corrected chi connectivity index (χ0v) is 20.4. The highest BCUT2D eigenvalue weighted by molar-refractivity contribution is 7.92. The second kappa shape index (κ2) is 11.3. The van der Waals surface area contributed by atoms with Gasteiger partial charge in [-0.05, 0) is 50.5 Å². The number of anilines is 1. The molecule has 0 aromatic heterocycles. The minimum Gasteiger partial charge on any atom is -0.355 e. The van der Waals surface area contributed by atoms with E-state index in [4.69, 9.17) is 11.6 Å². The van der Waals surface area contributed by atoms with E-state index in [2.05, 4.69) is 5.32 Å². The van der Waals surface area contributed by atoms with Gasteiger partial charge in [0, 0.05) is 18.1 Å². The van der Waals surface area contributed by atoms with Crippen molar-refractivity contribution in [1.29, 1.82) is 0 Å². The first-order valence-corrected chi connectivity index (χ1v) is 12.6. The van der Waals surface area contributed by atoms with Crippen LogP contribution in [0.4, 0.5) is 5.69 Å². The van der Waals surface area contributed by atoms with Crippen LogP contribution in [0.5, 0.6) is 0 Å². The van der Waals surface area contributed by atoms with Gasteiger partial charge in [0.1, 0.15) is 12.6 Å². The molecule has 0 unspecified atom stereocenters. The Labute approximate surface area is 195 Å². The van der Waals surface area contributed by atoms with Gasteiger partial charge in [0.25, 0.3) is 0 Å². The molecule has 0 bridgehead atoms. The van der Waals surface area contributed by atoms with Gasteiger partial charge in [0.15, 0.2) is 0 Å². The van der Waals surface area contributed by atoms with Crippen LogP contribution in [-0.2, 0) is 26.0 Å². The predicted molar refractivity (Wildman–Crippen MR) is 128 cm³/mol. The third-order valence-corrected chi connectivity index (χ3v) is 6.73. The molecule has 1 atom stereocenters. The summed E-state index contributed by atoms with van der Waals surface area (Å²) < 4.78 is 26.2. The molecule has 0 aliphatic rings. The van der Waals surface area contributed by atoms with Crippen LogP contribution >= 0.6 is 11.6 Å². The Balaban J connectivity index is 2.34. The van der Waals surface area contributed by atoms with Crippen LogP contribution in [0.25, 0.3) is 0 Å². The van der Waals surface area contributed by atoms with Crippen LogP contribution in [0.2, 0.25) is 5.02 Å². The highest BCUT2D eigenvalue weighted by Gasteiger charge is 2.30. The second-order valence-electron chi connectivity index (χ2n) is 7.55. The fraction of sp³-hybridized carbons (Fsp3) is 0.391. The van der Waals surface area contributed by atoms with Crippen LogP contribution in [0, 0.1) is 6.92 Å². The van der Waals surface area contributed by atoms with Crippen molar-refractivity contribution in [2.75, 3.05) is 30.2 Å². The largest absolute Gasteiger partial charge is 0.355 e. The lowest BCUT2D eigenvalue weighted by Crippen LogP contribution is -2.52. The summed E-state index contributed by atoms with van der Waals surface area (Å²) in [5.74, 6) is -0.761. The fourth-order valence-electron chi connectivity index (χ4n) is 3.35. The van der Waals surface area contributed by atoms with Crippen molar-refractivity contribution >= 4 is 39.1 Å². The summed E-state index contributed by atoms with van der Waals surface area (Å²) in [4.78, 5) is 27.3. The number of carbonyl (C=O) groups is 2. The molecular weight excluding hydrogens is 450 g/mol. The van der Waals surface area contributed by atoms with Gasteiger partial charge in [-0.15, -0.1) is 0 Å². The van der Waals surface area contributed by atoms with E-state index in [1.54, 1.807) is 39.0 Å². The van der Waals surface area contributed by atoms with Gasteiger partial charge in [-0.2, -0.15) is 0 Å². The Bertz CT molecular complexity index is 1040. The van der Waals surface area contributed by atoms with E-state index in [0.29, 0.717) is 29.2 Å². The van der Waals surface area contributed by atoms with Gasteiger partial charge >= 0.3 is 0 Å². The molecule has 0 fully saturated rings. The molecule has 2 amide bonds. The quantitative estimate of drug-likeness (QED) is 0.567. The SMILES string of the molecule is CCNC(=O)[C@H](C)N(CCc1ccccc1)C(=O)CN(c1cccc(Cl)c1C)S(C)(=O)=O. The summed E-state index contributed by atoms with van der Waals surface area (Å²) in [6, 6.07) is 13.7. The molecule has 2 aromatic rings. The number of sulfonamides is 1. The lowest BCUT2D eigenvalue weighted by Gasteiger charge is -2.32. The normalized spacial score (nSPS) is 12.2. The summed E-state index contributed by atoms with van der Waals surface area (Å²) in [5, 5.41) is 3.13. The van der Waals surface area contributed by atoms with Crippen molar-refractivity contribution in [1.82, 2.24) is 10.2 Å². The van der Waals surface area contributed by atoms with Crippen molar-refractivity contribution in [2.24, 2.45) is 0 Å². The maximum atomic E-state index is 13.3. The first kappa shape index (κ1) is 25.7. The molecule has 0 radical (unpaired) electrons. The summed E-state index contributed by atoms with van der Waals surface area (Å²) in [7, 11) is -3.78. The predicted octanol–water partition coefficient (Wildman–Crippen LogP) is 3.01. The van der Waals surface area contributed by atoms with Crippen LogP contribution in [0.1, 0.15) is 25.0 Å². The van der Waals surface area contributed by atoms with Crippen molar-refractivity contribution in [3.63, 3.8) is 0 Å². The van der Waals surface area contributed by atoms with Crippen molar-refractivity contribution in [2.45, 2.75) is 33.2 Å². The molecule has 7 nitrogen and oxygen atoms in total. The zero-order chi connectivity index (χ0) is 23.9. The Kier molecular flexibility index (Phi) is 9.09. The molecule has 1 N–H and O–H groups in total. The number of nitrogens with one attached hydrogen (secondary N) is 1. The molecular formula is C23H30ClN3O4S. The number of rotatable bonds is 10. The van der Waals surface area contributed by atoms with Crippen LogP contribution in [0.3, 0.4) is 0 Å². The monoisotopic (exact) mass is 479 g/mol. The molecule has 0 spiro atoms. The molecule has 32 heavy (non-hydrogen) atoms. The summed E-state index contributed by atoms with van der Waals surface area (Å²) >= 11 is 6.18. The summed E-state index contributed by atoms with van der Waals surface area (Å²) in [6.07, 6.45) is 1.58. The van der Waals surface area contributed by atoms with Crippen LogP contribution in [-0.4, -0.2) is 57.1 Å². The number of benzene rings is 2. The molecule has 9 heteroatoms. The third kappa shape index (κ3) is 6.71. The standard InChI is InChI=1S/C23H30ClN3O4S/c1-5-25-23(29)18(3)26(15-14-19-10-7-6-8-11-19)22(28)16-27(32(4,30)31)21-13-9-12-20(24)17(21)2/h6-13,18H,5,14-16H2,1-4H3,(H,25,29)/t18-/m0/s1. The number of hydrogen-bond donors (Lipinski definition) is 1. The molecule has 2 rings (SSSR count). The molecule has 0 saturated carbocycles. The highest BCUT2D eigenvalue weighted by atomic mass is 35.5. The highest BCUT2D eigenvalue weighted by Crippen LogP contribution is 2.28. The first-order chi connectivity index (χ1) is 15.1. The van der Waals surface area contributed by atoms with E-state index >= 15 is 0 Å². The summed E-state index contributed by atoms with van der Waals surface area (Å²) in [5.41, 5.74) is 1.90. The smallest absolute Gasteiger partial charge is 0.244 e. The van der Waals surface area contributed by atoms with Crippen LogP contribution in [0.15, 0.2) is 48.5 Å². The minimum atomic E-state index is -3.78. The minimum absolute atomic E-state index is 0.271. The van der Waals surface area contributed by atoms with Gasteiger partial charge in [0.2, 0.25) is 21.8 Å². The van der Waals surface area contributed by atoms with Crippen molar-refractivity contribution < 1.29 is 18.0 Å². The molecule has 0 heterocycles. The Morgan fingerprint density at radius 3 is 2.34 bits per heavy atom. The number of carbonyl (C=O) groups excluding carboxylic acids is 2. The van der Waals surface area contributed by atoms with Crippen LogP contribution < -0.4 is 9.62 Å². The molecule has 2 aromatic carbocycles. The van der Waals surface area contributed by atoms with E-state index < -0.39 is 28.5 Å². The van der Waals surface area contributed by atoms with E-state index in [1.165, 1.54) is 4.90 Å². The number of halogens is 1. The first-order valence-electron chi connectivity index (χ1n) is 10.4. The topological polar surface area (TPSA) is 86.8 Å². The van der Waals surface area contributed by atoms with Gasteiger partial charge < -0.3 is 10.2 Å². The Morgan fingerprint density at radius 1 is 1.09 bits per heavy atom. The van der Waals surface area contributed by atoms with Gasteiger partial charge in [0.05, 0.1) is 11.9 Å². The molecule has 0 aliphatic carbocycles. The van der Waals surface area contributed by atoms with E-state index in [1.807, 2.05) is 30.3 Å². The zero-order valence-electron chi connectivity index (χ0n) is 18.8. The van der Waals surface area contributed by atoms with Gasteiger partial charge in [-0.1, -0.05) is 48.0 Å². The van der Waals surface area contributed by atoms with Gasteiger partial charge in [-0.3, -0.25) is 13.9 Å². The summed E-state index contributed by atoms with van der Waals surface area (Å²) in [6.45, 7) is 5.41. The lowest BCUT2D eigenvalue weighted by molar-refractivity contribution is -0.138.